The summed E-state index contributed by atoms with van der Waals surface area (Å²) >= 11 is 6.07. The maximum Gasteiger partial charge on any atom is 0.224 e. The monoisotopic (exact) mass is 371 g/mol. The second-order valence-electron chi connectivity index (χ2n) is 6.54. The van der Waals surface area contributed by atoms with E-state index < -0.39 is 0 Å². The molecule has 1 saturated heterocycles. The van der Waals surface area contributed by atoms with Gasteiger partial charge in [0.25, 0.3) is 0 Å². The molecule has 2 aromatic carbocycles. The molecule has 4 nitrogen and oxygen atoms in total. The van der Waals surface area contributed by atoms with Gasteiger partial charge in [-0.1, -0.05) is 42.8 Å². The molecule has 0 bridgehead atoms. The molecule has 2 aromatic rings. The zero-order valence-electron chi connectivity index (χ0n) is 15.2. The molecule has 138 valence electrons. The van der Waals surface area contributed by atoms with E-state index in [9.17, 15) is 4.79 Å². The number of nitrogens with zero attached hydrogens (tertiary/aromatic N) is 2. The maximum atomic E-state index is 12.5. The lowest BCUT2D eigenvalue weighted by Gasteiger charge is -2.36. The average Bonchev–Trinajstić information content (AvgIpc) is 2.68. The van der Waals surface area contributed by atoms with Gasteiger partial charge in [0.2, 0.25) is 5.91 Å². The van der Waals surface area contributed by atoms with Crippen LogP contribution in [0.15, 0.2) is 48.5 Å². The molecule has 1 amide bonds. The first-order chi connectivity index (χ1) is 12.7. The van der Waals surface area contributed by atoms with Gasteiger partial charge in [0, 0.05) is 55.5 Å². The van der Waals surface area contributed by atoms with Crippen LogP contribution in [0, 0.1) is 0 Å². The van der Waals surface area contributed by atoms with Crippen LogP contribution in [0.1, 0.15) is 18.9 Å². The van der Waals surface area contributed by atoms with Gasteiger partial charge in [-0.15, -0.1) is 0 Å². The first-order valence-electron chi connectivity index (χ1n) is 9.27. The number of aryl methyl sites for hydroxylation is 1. The van der Waals surface area contributed by atoms with Crippen molar-refractivity contribution in [1.29, 1.82) is 0 Å². The van der Waals surface area contributed by atoms with Gasteiger partial charge < -0.3 is 15.1 Å². The van der Waals surface area contributed by atoms with Crippen molar-refractivity contribution in [3.8, 4) is 0 Å². The third kappa shape index (κ3) is 4.70. The second kappa shape index (κ2) is 8.95. The third-order valence-electron chi connectivity index (χ3n) is 4.86. The van der Waals surface area contributed by atoms with Crippen molar-refractivity contribution in [2.75, 3.05) is 42.9 Å². The van der Waals surface area contributed by atoms with Crippen LogP contribution < -0.4 is 10.2 Å². The van der Waals surface area contributed by atoms with Gasteiger partial charge >= 0.3 is 0 Å². The number of carbonyl (C=O) groups excluding carboxylic acids is 1. The zero-order chi connectivity index (χ0) is 18.4. The van der Waals surface area contributed by atoms with Crippen LogP contribution in [0.5, 0.6) is 0 Å². The van der Waals surface area contributed by atoms with Gasteiger partial charge in [0.15, 0.2) is 0 Å². The predicted molar refractivity (Wildman–Crippen MR) is 109 cm³/mol. The lowest BCUT2D eigenvalue weighted by molar-refractivity contribution is -0.131. The smallest absolute Gasteiger partial charge is 0.224 e. The Morgan fingerprint density at radius 2 is 1.85 bits per heavy atom. The fourth-order valence-corrected chi connectivity index (χ4v) is 3.53. The molecule has 1 N–H and O–H groups in total. The number of hydrogen-bond acceptors (Lipinski definition) is 3. The van der Waals surface area contributed by atoms with Gasteiger partial charge in [-0.05, 0) is 36.2 Å². The lowest BCUT2D eigenvalue weighted by Crippen LogP contribution is -2.49. The minimum absolute atomic E-state index is 0.220. The molecule has 26 heavy (non-hydrogen) atoms. The summed E-state index contributed by atoms with van der Waals surface area (Å²) in [5.74, 6) is 0.220. The van der Waals surface area contributed by atoms with Gasteiger partial charge in [-0.2, -0.15) is 0 Å². The predicted octanol–water partition coefficient (Wildman–Crippen LogP) is 4.05. The molecule has 0 spiro atoms. The Labute approximate surface area is 160 Å². The van der Waals surface area contributed by atoms with Crippen LogP contribution in [0.4, 0.5) is 11.4 Å². The van der Waals surface area contributed by atoms with Crippen molar-refractivity contribution in [3.63, 3.8) is 0 Å². The van der Waals surface area contributed by atoms with Crippen molar-refractivity contribution in [3.05, 3.63) is 59.1 Å². The Hall–Kier alpha value is -2.20. The van der Waals surface area contributed by atoms with Gasteiger partial charge in [0.05, 0.1) is 0 Å². The average molecular weight is 372 g/mol. The summed E-state index contributed by atoms with van der Waals surface area (Å²) in [5.41, 5.74) is 3.55. The van der Waals surface area contributed by atoms with E-state index in [0.29, 0.717) is 13.0 Å². The number of piperazine rings is 1. The number of para-hydroxylation sites is 1. The van der Waals surface area contributed by atoms with Crippen LogP contribution >= 0.6 is 11.6 Å². The Balaban J connectivity index is 1.45. The molecule has 0 aromatic heterocycles. The van der Waals surface area contributed by atoms with Crippen molar-refractivity contribution in [1.82, 2.24) is 4.90 Å². The van der Waals surface area contributed by atoms with E-state index in [2.05, 4.69) is 41.4 Å². The normalized spacial score (nSPS) is 14.4. The molecule has 0 saturated carbocycles. The zero-order valence-corrected chi connectivity index (χ0v) is 16.0. The summed E-state index contributed by atoms with van der Waals surface area (Å²) in [7, 11) is 0. The van der Waals surface area contributed by atoms with Gasteiger partial charge in [-0.3, -0.25) is 4.79 Å². The Kier molecular flexibility index (Phi) is 6.40. The Morgan fingerprint density at radius 1 is 1.08 bits per heavy atom. The molecule has 5 heteroatoms. The van der Waals surface area contributed by atoms with E-state index >= 15 is 0 Å². The molecule has 1 aliphatic rings. The highest BCUT2D eigenvalue weighted by Gasteiger charge is 2.21. The molecule has 0 atom stereocenters. The maximum absolute atomic E-state index is 12.5. The number of anilines is 2. The highest BCUT2D eigenvalue weighted by atomic mass is 35.5. The molecule has 0 aliphatic carbocycles. The van der Waals surface area contributed by atoms with Crippen molar-refractivity contribution in [2.45, 2.75) is 19.8 Å². The van der Waals surface area contributed by atoms with E-state index in [1.54, 1.807) is 0 Å². The molecule has 1 aliphatic heterocycles. The number of rotatable bonds is 6. The fraction of sp³-hybridized carbons (Fsp3) is 0.381. The first-order valence-corrected chi connectivity index (χ1v) is 9.65. The summed E-state index contributed by atoms with van der Waals surface area (Å²) in [5, 5.41) is 4.15. The van der Waals surface area contributed by atoms with E-state index in [4.69, 9.17) is 11.6 Å². The van der Waals surface area contributed by atoms with Crippen molar-refractivity contribution >= 4 is 28.9 Å². The Morgan fingerprint density at radius 3 is 2.58 bits per heavy atom. The highest BCUT2D eigenvalue weighted by molar-refractivity contribution is 6.30. The SMILES string of the molecule is CCc1ccccc1NCCC(=O)N1CCN(c2cccc(Cl)c2)CC1. The molecular formula is C21H26ClN3O. The largest absolute Gasteiger partial charge is 0.384 e. The van der Waals surface area contributed by atoms with E-state index in [0.717, 1.165) is 49.0 Å². The van der Waals surface area contributed by atoms with Crippen LogP contribution in [0.25, 0.3) is 0 Å². The number of halogens is 1. The van der Waals surface area contributed by atoms with E-state index in [1.165, 1.54) is 5.56 Å². The van der Waals surface area contributed by atoms with Gasteiger partial charge in [-0.25, -0.2) is 0 Å². The van der Waals surface area contributed by atoms with E-state index in [1.807, 2.05) is 29.2 Å². The number of hydrogen-bond donors (Lipinski definition) is 1. The number of nitrogens with one attached hydrogen (secondary N) is 1. The Bertz CT molecular complexity index is 742. The number of amides is 1. The van der Waals surface area contributed by atoms with Crippen LogP contribution in [-0.2, 0) is 11.2 Å². The van der Waals surface area contributed by atoms with Crippen LogP contribution in [0.2, 0.25) is 5.02 Å². The number of carbonyl (C=O) groups is 1. The lowest BCUT2D eigenvalue weighted by atomic mass is 10.1. The molecule has 0 unspecified atom stereocenters. The third-order valence-corrected chi connectivity index (χ3v) is 5.09. The van der Waals surface area contributed by atoms with Gasteiger partial charge in [0.1, 0.15) is 0 Å². The number of benzene rings is 2. The quantitative estimate of drug-likeness (QED) is 0.831. The topological polar surface area (TPSA) is 35.6 Å². The summed E-state index contributed by atoms with van der Waals surface area (Å²) in [6.07, 6.45) is 1.51. The minimum atomic E-state index is 0.220. The molecule has 0 radical (unpaired) electrons. The first kappa shape index (κ1) is 18.6. The summed E-state index contributed by atoms with van der Waals surface area (Å²) in [4.78, 5) is 16.7. The minimum Gasteiger partial charge on any atom is -0.384 e. The van der Waals surface area contributed by atoms with Crippen molar-refractivity contribution < 1.29 is 4.79 Å². The molecule has 3 rings (SSSR count). The summed E-state index contributed by atoms with van der Waals surface area (Å²) in [6, 6.07) is 16.2. The van der Waals surface area contributed by atoms with E-state index in [-0.39, 0.29) is 5.91 Å². The molecule has 1 heterocycles. The summed E-state index contributed by atoms with van der Waals surface area (Å²) < 4.78 is 0. The standard InChI is InChI=1S/C21H26ClN3O/c1-2-17-6-3-4-9-20(17)23-11-10-21(26)25-14-12-24(13-15-25)19-8-5-7-18(22)16-19/h3-9,16,23H,2,10-15H2,1H3. The van der Waals surface area contributed by atoms with Crippen LogP contribution in [0.3, 0.4) is 0 Å². The summed E-state index contributed by atoms with van der Waals surface area (Å²) in [6.45, 7) is 6.03. The highest BCUT2D eigenvalue weighted by Crippen LogP contribution is 2.21. The molecular weight excluding hydrogens is 346 g/mol. The fourth-order valence-electron chi connectivity index (χ4n) is 3.35. The molecule has 1 fully saturated rings. The van der Waals surface area contributed by atoms with Crippen LogP contribution in [-0.4, -0.2) is 43.5 Å². The second-order valence-corrected chi connectivity index (χ2v) is 6.97. The van der Waals surface area contributed by atoms with Crippen molar-refractivity contribution in [2.24, 2.45) is 0 Å².